The van der Waals surface area contributed by atoms with E-state index < -0.39 is 40.5 Å². The molecule has 1 N–H and O–H groups in total. The molecule has 3 aliphatic rings. The fourth-order valence-corrected chi connectivity index (χ4v) is 6.14. The lowest BCUT2D eigenvalue weighted by Crippen LogP contribution is -2.48. The Kier molecular flexibility index (Phi) is 8.13. The van der Waals surface area contributed by atoms with Gasteiger partial charge < -0.3 is 29.0 Å². The molecule has 1 saturated heterocycles. The summed E-state index contributed by atoms with van der Waals surface area (Å²) < 4.78 is 59.3. The summed E-state index contributed by atoms with van der Waals surface area (Å²) in [7, 11) is 0. The van der Waals surface area contributed by atoms with Crippen LogP contribution in [0.15, 0.2) is 29.1 Å². The molecule has 0 atom stereocenters. The number of aromatic nitrogens is 4. The highest BCUT2D eigenvalue weighted by molar-refractivity contribution is 6.33. The molecule has 6 rings (SSSR count). The van der Waals surface area contributed by atoms with Crippen molar-refractivity contribution >= 4 is 40.6 Å². The summed E-state index contributed by atoms with van der Waals surface area (Å²) in [5.74, 6) is -0.199. The third-order valence-corrected chi connectivity index (χ3v) is 8.45. The van der Waals surface area contributed by atoms with Crippen LogP contribution in [0.4, 0.5) is 23.7 Å². The summed E-state index contributed by atoms with van der Waals surface area (Å²) in [5.41, 5.74) is -1.57. The average molecular weight is 665 g/mol. The van der Waals surface area contributed by atoms with Crippen molar-refractivity contribution in [1.82, 2.24) is 24.1 Å². The van der Waals surface area contributed by atoms with Gasteiger partial charge in [0.15, 0.2) is 5.82 Å². The number of benzene rings is 1. The van der Waals surface area contributed by atoms with E-state index in [2.05, 4.69) is 15.4 Å². The number of likely N-dealkylation sites (tertiary alicyclic amines) is 1. The number of rotatable bonds is 4. The topological polar surface area (TPSA) is 129 Å². The largest absolute Gasteiger partial charge is 0.444 e. The van der Waals surface area contributed by atoms with Gasteiger partial charge >= 0.3 is 12.3 Å². The van der Waals surface area contributed by atoms with Crippen LogP contribution in [0.1, 0.15) is 62.7 Å². The molecule has 16 heteroatoms. The van der Waals surface area contributed by atoms with Crippen molar-refractivity contribution in [3.63, 3.8) is 0 Å². The van der Waals surface area contributed by atoms with Gasteiger partial charge in [-0.2, -0.15) is 22.7 Å². The summed E-state index contributed by atoms with van der Waals surface area (Å²) in [6.07, 6.45) is -2.09. The molecular weight excluding hydrogens is 633 g/mol. The fraction of sp³-hybridized carbons (Fsp3) is 0.500. The number of nitrogens with zero attached hydrogens (tertiary/aromatic N) is 5. The van der Waals surface area contributed by atoms with E-state index in [4.69, 9.17) is 25.8 Å². The van der Waals surface area contributed by atoms with Gasteiger partial charge in [0.05, 0.1) is 47.4 Å². The Labute approximate surface area is 266 Å². The maximum atomic E-state index is 14.1. The van der Waals surface area contributed by atoms with Crippen LogP contribution in [0.25, 0.3) is 11.4 Å². The Morgan fingerprint density at radius 2 is 1.91 bits per heavy atom. The van der Waals surface area contributed by atoms with Crippen LogP contribution >= 0.6 is 11.6 Å². The second-order valence-corrected chi connectivity index (χ2v) is 12.8. The number of carbonyl (C=O) groups is 2. The molecular formula is C30H32ClF3N6O6. The summed E-state index contributed by atoms with van der Waals surface area (Å²) >= 11 is 6.09. The number of alkyl halides is 3. The molecule has 0 unspecified atom stereocenters. The van der Waals surface area contributed by atoms with Crippen LogP contribution < -0.4 is 10.9 Å². The van der Waals surface area contributed by atoms with E-state index in [1.807, 2.05) is 6.08 Å². The lowest BCUT2D eigenvalue weighted by Gasteiger charge is -2.39. The lowest BCUT2D eigenvalue weighted by atomic mass is 9.85. The lowest BCUT2D eigenvalue weighted by molar-refractivity contribution is -0.137. The van der Waals surface area contributed by atoms with E-state index in [0.29, 0.717) is 49.6 Å². The molecule has 0 aliphatic carbocycles. The van der Waals surface area contributed by atoms with Crippen LogP contribution in [0.2, 0.25) is 5.02 Å². The highest BCUT2D eigenvalue weighted by Gasteiger charge is 2.48. The van der Waals surface area contributed by atoms with Crippen LogP contribution in [0.3, 0.4) is 0 Å². The molecule has 3 aromatic rings. The van der Waals surface area contributed by atoms with Crippen LogP contribution in [-0.4, -0.2) is 68.0 Å². The Morgan fingerprint density at radius 1 is 1.17 bits per heavy atom. The molecule has 46 heavy (non-hydrogen) atoms. The minimum absolute atomic E-state index is 0.00914. The molecule has 1 spiro atoms. The highest BCUT2D eigenvalue weighted by Crippen LogP contribution is 2.43. The van der Waals surface area contributed by atoms with E-state index in [0.717, 1.165) is 28.3 Å². The summed E-state index contributed by atoms with van der Waals surface area (Å²) in [5, 5.41) is 6.80. The Hall–Kier alpha value is -3.95. The normalized spacial score (nSPS) is 18.1. The SMILES string of the molecule is CC(C)(C)OC(=O)N1CCC2(CC1)OCc1c2c(=O)n2nc(C3=CCOCC3)nc2n1CC(=O)Nc1ccc(C(F)(F)F)cc1Cl. The first-order chi connectivity index (χ1) is 21.6. The summed E-state index contributed by atoms with van der Waals surface area (Å²) in [6, 6.07) is 2.64. The molecule has 3 aliphatic heterocycles. The fourth-order valence-electron chi connectivity index (χ4n) is 5.92. The molecule has 1 aromatic carbocycles. The molecule has 0 radical (unpaired) electrons. The van der Waals surface area contributed by atoms with E-state index in [-0.39, 0.29) is 42.7 Å². The highest BCUT2D eigenvalue weighted by atomic mass is 35.5. The molecule has 12 nitrogen and oxygen atoms in total. The molecule has 0 saturated carbocycles. The predicted molar refractivity (Wildman–Crippen MR) is 159 cm³/mol. The number of carbonyl (C=O) groups excluding carboxylic acids is 2. The Morgan fingerprint density at radius 3 is 2.54 bits per heavy atom. The Bertz CT molecular complexity index is 1800. The van der Waals surface area contributed by atoms with Gasteiger partial charge in [-0.3, -0.25) is 9.59 Å². The van der Waals surface area contributed by atoms with Crippen LogP contribution in [0.5, 0.6) is 0 Å². The first kappa shape index (κ1) is 32.0. The number of piperidine rings is 1. The van der Waals surface area contributed by atoms with Gasteiger partial charge in [0, 0.05) is 13.1 Å². The summed E-state index contributed by atoms with van der Waals surface area (Å²) in [6.45, 7) is 6.34. The third-order valence-electron chi connectivity index (χ3n) is 8.14. The molecule has 2 amide bonds. The zero-order valence-corrected chi connectivity index (χ0v) is 26.1. The van der Waals surface area contributed by atoms with Crippen molar-refractivity contribution < 1.29 is 37.0 Å². The number of hydrogen-bond donors (Lipinski definition) is 1. The number of amides is 2. The van der Waals surface area contributed by atoms with Gasteiger partial charge in [0.2, 0.25) is 11.7 Å². The predicted octanol–water partition coefficient (Wildman–Crippen LogP) is 4.76. The van der Waals surface area contributed by atoms with Gasteiger partial charge in [0.25, 0.3) is 5.56 Å². The number of halogens is 4. The van der Waals surface area contributed by atoms with Gasteiger partial charge in [-0.05, 0) is 63.8 Å². The van der Waals surface area contributed by atoms with Crippen molar-refractivity contribution in [3.8, 4) is 0 Å². The zero-order valence-electron chi connectivity index (χ0n) is 25.4. The van der Waals surface area contributed by atoms with Gasteiger partial charge in [-0.25, -0.2) is 4.79 Å². The van der Waals surface area contributed by atoms with E-state index >= 15 is 0 Å². The zero-order chi connectivity index (χ0) is 33.0. The van der Waals surface area contributed by atoms with Crippen molar-refractivity contribution in [3.05, 3.63) is 62.3 Å². The molecule has 2 aromatic heterocycles. The number of anilines is 1. The maximum Gasteiger partial charge on any atom is 0.416 e. The number of ether oxygens (including phenoxy) is 3. The van der Waals surface area contributed by atoms with Gasteiger partial charge in [-0.1, -0.05) is 17.7 Å². The van der Waals surface area contributed by atoms with E-state index in [9.17, 15) is 27.6 Å². The molecule has 246 valence electrons. The first-order valence-corrected chi connectivity index (χ1v) is 15.1. The molecule has 1 fully saturated rings. The Balaban J connectivity index is 1.36. The third kappa shape index (κ3) is 6.10. The second kappa shape index (κ2) is 11.7. The van der Waals surface area contributed by atoms with Crippen molar-refractivity contribution in [2.24, 2.45) is 0 Å². The number of hydrogen-bond acceptors (Lipinski definition) is 8. The minimum atomic E-state index is -4.60. The van der Waals surface area contributed by atoms with Crippen molar-refractivity contribution in [2.45, 2.75) is 70.6 Å². The van der Waals surface area contributed by atoms with Crippen molar-refractivity contribution in [2.75, 3.05) is 31.6 Å². The monoisotopic (exact) mass is 664 g/mol. The first-order valence-electron chi connectivity index (χ1n) is 14.7. The van der Waals surface area contributed by atoms with E-state index in [1.165, 1.54) is 4.57 Å². The van der Waals surface area contributed by atoms with Crippen LogP contribution in [-0.2, 0) is 43.9 Å². The second-order valence-electron chi connectivity index (χ2n) is 12.4. The molecule has 5 heterocycles. The van der Waals surface area contributed by atoms with Crippen LogP contribution in [0, 0.1) is 0 Å². The molecule has 0 bridgehead atoms. The maximum absolute atomic E-state index is 14.1. The van der Waals surface area contributed by atoms with Gasteiger partial charge in [0.1, 0.15) is 17.7 Å². The van der Waals surface area contributed by atoms with E-state index in [1.54, 1.807) is 25.7 Å². The van der Waals surface area contributed by atoms with Crippen molar-refractivity contribution in [1.29, 1.82) is 0 Å². The minimum Gasteiger partial charge on any atom is -0.444 e. The number of fused-ring (bicyclic) bond motifs is 3. The standard InChI is InChI=1S/C30H32ClF3N6O6/c1-28(2,3)46-27(43)38-10-8-29(9-11-38)23-21(16-45-29)39(15-22(41)35-20-5-4-18(14-19(20)31)30(32,33)34)26-36-24(37-40(26)25(23)42)17-6-12-44-13-7-17/h4-6,14H,7-13,15-16H2,1-3H3,(H,35,41). The average Bonchev–Trinajstić information content (AvgIpc) is 3.59. The van der Waals surface area contributed by atoms with Gasteiger partial charge in [-0.15, -0.1) is 5.10 Å². The quantitative estimate of drug-likeness (QED) is 0.423. The summed E-state index contributed by atoms with van der Waals surface area (Å²) in [4.78, 5) is 46.4. The smallest absolute Gasteiger partial charge is 0.416 e. The number of nitrogens with one attached hydrogen (secondary N) is 1.